The fraction of sp³-hybridized carbons (Fsp3) is 0.250. The Morgan fingerprint density at radius 1 is 1.31 bits per heavy atom. The molecule has 0 aliphatic carbocycles. The molecule has 150 valence electrons. The molecular weight excluding hydrogens is 392 g/mol. The van der Waals surface area contributed by atoms with Crippen molar-refractivity contribution in [2.24, 2.45) is 7.05 Å². The Bertz CT molecular complexity index is 1280. The number of ether oxygens (including phenoxy) is 1. The number of nitriles is 1. The van der Waals surface area contributed by atoms with Gasteiger partial charge in [-0.3, -0.25) is 9.52 Å². The molecule has 1 aromatic heterocycles. The molecule has 0 amide bonds. The van der Waals surface area contributed by atoms with E-state index in [1.165, 1.54) is 17.0 Å². The van der Waals surface area contributed by atoms with E-state index in [-0.39, 0.29) is 22.6 Å². The zero-order chi connectivity index (χ0) is 21.2. The fourth-order valence-corrected chi connectivity index (χ4v) is 3.79. The third-order valence-electron chi connectivity index (χ3n) is 4.61. The molecule has 0 aliphatic rings. The van der Waals surface area contributed by atoms with Crippen LogP contribution in [0.5, 0.6) is 11.5 Å². The molecule has 0 spiro atoms. The van der Waals surface area contributed by atoms with Gasteiger partial charge in [-0.25, -0.2) is 13.4 Å². The van der Waals surface area contributed by atoms with Crippen LogP contribution >= 0.6 is 0 Å². The minimum atomic E-state index is -3.63. The standard InChI is InChI=1S/C20H20N4O4S/c1-4-13(2)29(26,27)23-18-6-5-7-19(16(18)11-21)28-14-8-9-17-15(10-14)20(25)24(3)12-22-17/h5-10,12-13,23H,4H2,1-3H3. The predicted molar refractivity (Wildman–Crippen MR) is 111 cm³/mol. The lowest BCUT2D eigenvalue weighted by Crippen LogP contribution is -2.25. The van der Waals surface area contributed by atoms with Crippen LogP contribution in [0, 0.1) is 11.3 Å². The van der Waals surface area contributed by atoms with E-state index in [0.29, 0.717) is 23.1 Å². The molecule has 0 saturated heterocycles. The third-order valence-corrected chi connectivity index (χ3v) is 6.51. The van der Waals surface area contributed by atoms with E-state index in [1.807, 2.05) is 6.07 Å². The van der Waals surface area contributed by atoms with Gasteiger partial charge in [-0.1, -0.05) is 13.0 Å². The van der Waals surface area contributed by atoms with Crippen LogP contribution in [0.2, 0.25) is 0 Å². The van der Waals surface area contributed by atoms with Crippen LogP contribution in [0.25, 0.3) is 10.9 Å². The van der Waals surface area contributed by atoms with Crippen molar-refractivity contribution in [2.75, 3.05) is 4.72 Å². The van der Waals surface area contributed by atoms with Crippen molar-refractivity contribution in [1.29, 1.82) is 5.26 Å². The molecule has 1 heterocycles. The molecular formula is C20H20N4O4S. The van der Waals surface area contributed by atoms with E-state index in [2.05, 4.69) is 9.71 Å². The maximum atomic E-state index is 12.4. The number of aryl methyl sites for hydroxylation is 1. The predicted octanol–water partition coefficient (Wildman–Crippen LogP) is 3.14. The van der Waals surface area contributed by atoms with Crippen molar-refractivity contribution < 1.29 is 13.2 Å². The highest BCUT2D eigenvalue weighted by molar-refractivity contribution is 7.93. The summed E-state index contributed by atoms with van der Waals surface area (Å²) >= 11 is 0. The van der Waals surface area contributed by atoms with Gasteiger partial charge in [-0.15, -0.1) is 0 Å². The van der Waals surface area contributed by atoms with Crippen LogP contribution in [0.4, 0.5) is 5.69 Å². The van der Waals surface area contributed by atoms with Gasteiger partial charge in [-0.2, -0.15) is 5.26 Å². The second-order valence-corrected chi connectivity index (χ2v) is 8.70. The van der Waals surface area contributed by atoms with E-state index in [1.54, 1.807) is 51.2 Å². The van der Waals surface area contributed by atoms with Gasteiger partial charge in [0.25, 0.3) is 5.56 Å². The number of hydrogen-bond donors (Lipinski definition) is 1. The summed E-state index contributed by atoms with van der Waals surface area (Å²) < 4.78 is 34.4. The van der Waals surface area contributed by atoms with Crippen LogP contribution in [-0.2, 0) is 17.1 Å². The molecule has 3 aromatic rings. The number of benzene rings is 2. The molecule has 9 heteroatoms. The Morgan fingerprint density at radius 2 is 2.07 bits per heavy atom. The van der Waals surface area contributed by atoms with Crippen molar-refractivity contribution in [1.82, 2.24) is 9.55 Å². The van der Waals surface area contributed by atoms with Gasteiger partial charge in [-0.05, 0) is 43.7 Å². The van der Waals surface area contributed by atoms with Gasteiger partial charge in [0.1, 0.15) is 23.1 Å². The monoisotopic (exact) mass is 412 g/mol. The Balaban J connectivity index is 2.00. The Labute approximate surface area is 168 Å². The summed E-state index contributed by atoms with van der Waals surface area (Å²) in [6.45, 7) is 3.37. The second-order valence-electron chi connectivity index (χ2n) is 6.60. The van der Waals surface area contributed by atoms with E-state index in [4.69, 9.17) is 4.74 Å². The van der Waals surface area contributed by atoms with Crippen LogP contribution in [0.3, 0.4) is 0 Å². The first-order valence-corrected chi connectivity index (χ1v) is 10.5. The molecule has 1 unspecified atom stereocenters. The average molecular weight is 412 g/mol. The number of anilines is 1. The maximum absolute atomic E-state index is 12.4. The first kappa shape index (κ1) is 20.4. The first-order valence-electron chi connectivity index (χ1n) is 8.94. The molecule has 0 fully saturated rings. The summed E-state index contributed by atoms with van der Waals surface area (Å²) in [4.78, 5) is 16.5. The normalized spacial score (nSPS) is 12.3. The van der Waals surface area contributed by atoms with Crippen molar-refractivity contribution in [2.45, 2.75) is 25.5 Å². The summed E-state index contributed by atoms with van der Waals surface area (Å²) in [7, 11) is -2.03. The molecule has 3 rings (SSSR count). The van der Waals surface area contributed by atoms with E-state index in [0.717, 1.165) is 0 Å². The van der Waals surface area contributed by atoms with Gasteiger partial charge in [0.15, 0.2) is 0 Å². The van der Waals surface area contributed by atoms with Crippen molar-refractivity contribution in [3.8, 4) is 17.6 Å². The molecule has 0 bridgehead atoms. The summed E-state index contributed by atoms with van der Waals surface area (Å²) in [6.07, 6.45) is 1.87. The highest BCUT2D eigenvalue weighted by Gasteiger charge is 2.21. The molecule has 1 atom stereocenters. The Hall–Kier alpha value is -3.38. The lowest BCUT2D eigenvalue weighted by molar-refractivity contribution is 0.482. The number of aromatic nitrogens is 2. The molecule has 8 nitrogen and oxygen atoms in total. The Kier molecular flexibility index (Phi) is 5.57. The topological polar surface area (TPSA) is 114 Å². The molecule has 2 aromatic carbocycles. The van der Waals surface area contributed by atoms with Crippen molar-refractivity contribution >= 4 is 26.6 Å². The minimum Gasteiger partial charge on any atom is -0.456 e. The number of fused-ring (bicyclic) bond motifs is 1. The molecule has 1 N–H and O–H groups in total. The third kappa shape index (κ3) is 4.07. The van der Waals surface area contributed by atoms with E-state index < -0.39 is 15.3 Å². The SMILES string of the molecule is CCC(C)S(=O)(=O)Nc1cccc(Oc2ccc3ncn(C)c(=O)c3c2)c1C#N. The first-order chi connectivity index (χ1) is 13.8. The summed E-state index contributed by atoms with van der Waals surface area (Å²) in [6, 6.07) is 11.5. The largest absolute Gasteiger partial charge is 0.456 e. The molecule has 0 saturated carbocycles. The van der Waals surface area contributed by atoms with E-state index in [9.17, 15) is 18.5 Å². The maximum Gasteiger partial charge on any atom is 0.261 e. The molecule has 0 radical (unpaired) electrons. The second kappa shape index (κ2) is 7.93. The van der Waals surface area contributed by atoms with Gasteiger partial charge >= 0.3 is 0 Å². The lowest BCUT2D eigenvalue weighted by Gasteiger charge is -2.16. The number of hydrogen-bond acceptors (Lipinski definition) is 6. The van der Waals surface area contributed by atoms with Gasteiger partial charge in [0, 0.05) is 7.05 Å². The van der Waals surface area contributed by atoms with Gasteiger partial charge < -0.3 is 9.30 Å². The highest BCUT2D eigenvalue weighted by atomic mass is 32.2. The number of nitrogens with zero attached hydrogens (tertiary/aromatic N) is 3. The van der Waals surface area contributed by atoms with Crippen LogP contribution in [0.15, 0.2) is 47.5 Å². The Morgan fingerprint density at radius 3 is 2.76 bits per heavy atom. The van der Waals surface area contributed by atoms with Gasteiger partial charge in [0.2, 0.25) is 10.0 Å². The van der Waals surface area contributed by atoms with Crippen LogP contribution in [-0.4, -0.2) is 23.2 Å². The van der Waals surface area contributed by atoms with Crippen LogP contribution < -0.4 is 15.0 Å². The van der Waals surface area contributed by atoms with Gasteiger partial charge in [0.05, 0.1) is 28.2 Å². The van der Waals surface area contributed by atoms with Crippen molar-refractivity contribution in [3.05, 3.63) is 58.6 Å². The average Bonchev–Trinajstić information content (AvgIpc) is 2.70. The quantitative estimate of drug-likeness (QED) is 0.665. The zero-order valence-electron chi connectivity index (χ0n) is 16.2. The minimum absolute atomic E-state index is 0.0542. The fourth-order valence-electron chi connectivity index (χ4n) is 2.67. The zero-order valence-corrected chi connectivity index (χ0v) is 17.0. The number of nitrogens with one attached hydrogen (secondary N) is 1. The van der Waals surface area contributed by atoms with Crippen molar-refractivity contribution in [3.63, 3.8) is 0 Å². The molecule has 29 heavy (non-hydrogen) atoms. The van der Waals surface area contributed by atoms with Crippen LogP contribution in [0.1, 0.15) is 25.8 Å². The highest BCUT2D eigenvalue weighted by Crippen LogP contribution is 2.31. The lowest BCUT2D eigenvalue weighted by atomic mass is 10.2. The summed E-state index contributed by atoms with van der Waals surface area (Å²) in [5, 5.41) is 9.36. The number of sulfonamides is 1. The van der Waals surface area contributed by atoms with E-state index >= 15 is 0 Å². The molecule has 0 aliphatic heterocycles. The summed E-state index contributed by atoms with van der Waals surface area (Å²) in [5.41, 5.74) is 0.495. The summed E-state index contributed by atoms with van der Waals surface area (Å²) in [5.74, 6) is 0.512. The number of rotatable bonds is 6. The smallest absolute Gasteiger partial charge is 0.261 e.